The third kappa shape index (κ3) is 10.2. The molecule has 0 saturated heterocycles. The summed E-state index contributed by atoms with van der Waals surface area (Å²) in [7, 11) is 0. The van der Waals surface area contributed by atoms with Crippen LogP contribution in [0.5, 0.6) is 5.75 Å². The van der Waals surface area contributed by atoms with Crippen LogP contribution in [0.15, 0.2) is 30.4 Å². The van der Waals surface area contributed by atoms with Gasteiger partial charge in [0.2, 0.25) is 0 Å². The van der Waals surface area contributed by atoms with Gasteiger partial charge in [-0.3, -0.25) is 0 Å². The summed E-state index contributed by atoms with van der Waals surface area (Å²) in [5.74, 6) is 0.409. The highest BCUT2D eigenvalue weighted by molar-refractivity contribution is 5.67. The van der Waals surface area contributed by atoms with Gasteiger partial charge in [-0.2, -0.15) is 0 Å². The molecule has 0 amide bonds. The van der Waals surface area contributed by atoms with Gasteiger partial charge in [0, 0.05) is 11.1 Å². The lowest BCUT2D eigenvalue weighted by Crippen LogP contribution is -1.81. The van der Waals surface area contributed by atoms with E-state index in [9.17, 15) is 5.11 Å². The highest BCUT2D eigenvalue weighted by atomic mass is 16.3. The Bertz CT molecular complexity index is 457. The molecular weight excluding hydrogens is 304 g/mol. The molecule has 0 heterocycles. The number of benzene rings is 1. The van der Waals surface area contributed by atoms with E-state index in [1.54, 1.807) is 0 Å². The molecule has 0 aliphatic carbocycles. The van der Waals surface area contributed by atoms with E-state index in [-0.39, 0.29) is 0 Å². The summed E-state index contributed by atoms with van der Waals surface area (Å²) in [5.41, 5.74) is 1.86. The summed E-state index contributed by atoms with van der Waals surface area (Å²) < 4.78 is 0. The van der Waals surface area contributed by atoms with Gasteiger partial charge in [0.1, 0.15) is 5.75 Å². The van der Waals surface area contributed by atoms with Gasteiger partial charge in [0.15, 0.2) is 0 Å². The third-order valence-corrected chi connectivity index (χ3v) is 4.64. The summed E-state index contributed by atoms with van der Waals surface area (Å²) in [6.07, 6.45) is 23.8. The molecule has 140 valence electrons. The number of unbranched alkanes of at least 4 members (excludes halogenated alkanes) is 10. The SMILES string of the molecule is CCCCCCCC=Cc1cccc(C=CCCCCCCC)c1O. The van der Waals surface area contributed by atoms with Crippen molar-refractivity contribution in [3.05, 3.63) is 41.5 Å². The lowest BCUT2D eigenvalue weighted by atomic mass is 10.1. The Morgan fingerprint density at radius 1 is 0.680 bits per heavy atom. The molecule has 0 unspecified atom stereocenters. The van der Waals surface area contributed by atoms with Crippen molar-refractivity contribution in [2.24, 2.45) is 0 Å². The first kappa shape index (κ1) is 21.5. The van der Waals surface area contributed by atoms with Crippen molar-refractivity contribution in [3.8, 4) is 5.75 Å². The molecule has 0 saturated carbocycles. The van der Waals surface area contributed by atoms with Crippen molar-refractivity contribution in [1.29, 1.82) is 0 Å². The molecule has 1 nitrogen and oxygen atoms in total. The summed E-state index contributed by atoms with van der Waals surface area (Å²) in [5, 5.41) is 10.4. The molecule has 0 fully saturated rings. The van der Waals surface area contributed by atoms with Crippen molar-refractivity contribution in [3.63, 3.8) is 0 Å². The van der Waals surface area contributed by atoms with Gasteiger partial charge in [-0.05, 0) is 25.7 Å². The van der Waals surface area contributed by atoms with Crippen molar-refractivity contribution in [1.82, 2.24) is 0 Å². The van der Waals surface area contributed by atoms with Crippen LogP contribution < -0.4 is 0 Å². The highest BCUT2D eigenvalue weighted by Crippen LogP contribution is 2.25. The first-order valence-corrected chi connectivity index (χ1v) is 10.4. The van der Waals surface area contributed by atoms with E-state index < -0.39 is 0 Å². The average molecular weight is 343 g/mol. The number of aromatic hydroxyl groups is 1. The summed E-state index contributed by atoms with van der Waals surface area (Å²) in [4.78, 5) is 0. The van der Waals surface area contributed by atoms with Gasteiger partial charge < -0.3 is 5.11 Å². The van der Waals surface area contributed by atoms with Crippen LogP contribution in [0.3, 0.4) is 0 Å². The Balaban J connectivity index is 2.38. The van der Waals surface area contributed by atoms with E-state index in [0.29, 0.717) is 5.75 Å². The van der Waals surface area contributed by atoms with Crippen LogP contribution in [-0.4, -0.2) is 5.11 Å². The monoisotopic (exact) mass is 342 g/mol. The second-order valence-corrected chi connectivity index (χ2v) is 7.00. The largest absolute Gasteiger partial charge is 0.507 e. The maximum Gasteiger partial charge on any atom is 0.129 e. The lowest BCUT2D eigenvalue weighted by molar-refractivity contribution is 0.472. The molecule has 1 N–H and O–H groups in total. The molecule has 0 aliphatic rings. The standard InChI is InChI=1S/C24H38O/c1-3-5-7-9-11-13-15-18-22-20-17-21-23(24(22)25)19-16-14-12-10-8-6-4-2/h15-21,25H,3-14H2,1-2H3. The Labute approximate surface area is 155 Å². The fourth-order valence-electron chi connectivity index (χ4n) is 3.00. The van der Waals surface area contributed by atoms with Crippen molar-refractivity contribution in [2.45, 2.75) is 90.9 Å². The Kier molecular flexibility index (Phi) is 12.8. The fourth-order valence-corrected chi connectivity index (χ4v) is 3.00. The quantitative estimate of drug-likeness (QED) is 0.338. The predicted molar refractivity (Wildman–Crippen MR) is 113 cm³/mol. The topological polar surface area (TPSA) is 20.2 Å². The van der Waals surface area contributed by atoms with Gasteiger partial charge >= 0.3 is 0 Å². The average Bonchev–Trinajstić information content (AvgIpc) is 2.62. The molecular formula is C24H38O. The van der Waals surface area contributed by atoms with E-state index in [2.05, 4.69) is 38.2 Å². The predicted octanol–water partition coefficient (Wildman–Crippen LogP) is 8.14. The third-order valence-electron chi connectivity index (χ3n) is 4.64. The van der Waals surface area contributed by atoms with Gasteiger partial charge in [-0.15, -0.1) is 0 Å². The van der Waals surface area contributed by atoms with Crippen LogP contribution in [0.25, 0.3) is 12.2 Å². The van der Waals surface area contributed by atoms with Gasteiger partial charge in [-0.1, -0.05) is 108 Å². The zero-order chi connectivity index (χ0) is 18.2. The number of phenolic OH excluding ortho intramolecular Hbond substituents is 1. The second-order valence-electron chi connectivity index (χ2n) is 7.00. The molecule has 0 aromatic heterocycles. The van der Waals surface area contributed by atoms with Gasteiger partial charge in [-0.25, -0.2) is 0 Å². The molecule has 1 aromatic carbocycles. The Morgan fingerprint density at radius 3 is 1.56 bits per heavy atom. The van der Waals surface area contributed by atoms with E-state index in [1.165, 1.54) is 64.2 Å². The maximum atomic E-state index is 10.4. The number of allylic oxidation sites excluding steroid dienone is 2. The normalized spacial score (nSPS) is 11.8. The Morgan fingerprint density at radius 2 is 1.12 bits per heavy atom. The zero-order valence-electron chi connectivity index (χ0n) is 16.5. The molecule has 0 radical (unpaired) electrons. The second kappa shape index (κ2) is 14.8. The minimum Gasteiger partial charge on any atom is -0.507 e. The zero-order valence-corrected chi connectivity index (χ0v) is 16.5. The van der Waals surface area contributed by atoms with Crippen molar-refractivity contribution < 1.29 is 5.11 Å². The van der Waals surface area contributed by atoms with Crippen molar-refractivity contribution in [2.75, 3.05) is 0 Å². The van der Waals surface area contributed by atoms with Crippen LogP contribution in [0.2, 0.25) is 0 Å². The van der Waals surface area contributed by atoms with Gasteiger partial charge in [0.05, 0.1) is 0 Å². The van der Waals surface area contributed by atoms with E-state index >= 15 is 0 Å². The minimum atomic E-state index is 0.409. The van der Waals surface area contributed by atoms with Crippen LogP contribution in [-0.2, 0) is 0 Å². The van der Waals surface area contributed by atoms with E-state index in [0.717, 1.165) is 24.0 Å². The molecule has 0 bridgehead atoms. The molecule has 0 spiro atoms. The summed E-state index contributed by atoms with van der Waals surface area (Å²) >= 11 is 0. The van der Waals surface area contributed by atoms with Crippen LogP contribution >= 0.6 is 0 Å². The number of rotatable bonds is 14. The number of hydrogen-bond acceptors (Lipinski definition) is 1. The molecule has 1 rings (SSSR count). The molecule has 0 aliphatic heterocycles. The first-order valence-electron chi connectivity index (χ1n) is 10.4. The lowest BCUT2D eigenvalue weighted by Gasteiger charge is -2.04. The molecule has 1 aromatic rings. The molecule has 1 heteroatoms. The van der Waals surface area contributed by atoms with Gasteiger partial charge in [0.25, 0.3) is 0 Å². The van der Waals surface area contributed by atoms with E-state index in [4.69, 9.17) is 0 Å². The van der Waals surface area contributed by atoms with Crippen LogP contribution in [0.1, 0.15) is 102 Å². The maximum absolute atomic E-state index is 10.4. The number of para-hydroxylation sites is 1. The first-order chi connectivity index (χ1) is 12.3. The fraction of sp³-hybridized carbons (Fsp3) is 0.583. The van der Waals surface area contributed by atoms with E-state index in [1.807, 2.05) is 18.2 Å². The summed E-state index contributed by atoms with van der Waals surface area (Å²) in [6.45, 7) is 4.49. The smallest absolute Gasteiger partial charge is 0.129 e. The summed E-state index contributed by atoms with van der Waals surface area (Å²) in [6, 6.07) is 6.01. The molecule has 25 heavy (non-hydrogen) atoms. The highest BCUT2D eigenvalue weighted by Gasteiger charge is 2.01. The van der Waals surface area contributed by atoms with Crippen molar-refractivity contribution >= 4 is 12.2 Å². The van der Waals surface area contributed by atoms with Crippen LogP contribution in [0, 0.1) is 0 Å². The number of phenols is 1. The minimum absolute atomic E-state index is 0.409. The Hall–Kier alpha value is -1.50. The van der Waals surface area contributed by atoms with Crippen LogP contribution in [0.4, 0.5) is 0 Å². The number of hydrogen-bond donors (Lipinski definition) is 1. The molecule has 0 atom stereocenters.